The predicted octanol–water partition coefficient (Wildman–Crippen LogP) is 5.44. The van der Waals surface area contributed by atoms with Crippen LogP contribution in [0.5, 0.6) is 5.75 Å². The monoisotopic (exact) mass is 483 g/mol. The van der Waals surface area contributed by atoms with Crippen LogP contribution in [-0.2, 0) is 0 Å². The smallest absolute Gasteiger partial charge is 0.289 e. The first-order valence-corrected chi connectivity index (χ1v) is 12.3. The maximum atomic E-state index is 12.9. The second-order valence-electron chi connectivity index (χ2n) is 8.80. The predicted molar refractivity (Wildman–Crippen MR) is 141 cm³/mol. The largest absolute Gasteiger partial charge is 0.494 e. The zero-order valence-corrected chi connectivity index (χ0v) is 20.3. The summed E-state index contributed by atoms with van der Waals surface area (Å²) < 4.78 is 11.3. The zero-order valence-electron chi connectivity index (χ0n) is 20.3. The molecule has 2 heterocycles. The van der Waals surface area contributed by atoms with Crippen molar-refractivity contribution in [2.75, 3.05) is 43.0 Å². The van der Waals surface area contributed by atoms with Gasteiger partial charge in [0.2, 0.25) is 0 Å². The van der Waals surface area contributed by atoms with Crippen LogP contribution in [0.1, 0.15) is 34.3 Å². The first-order valence-electron chi connectivity index (χ1n) is 12.3. The Kier molecular flexibility index (Phi) is 6.89. The molecule has 0 atom stereocenters. The summed E-state index contributed by atoms with van der Waals surface area (Å²) in [4.78, 5) is 29.6. The summed E-state index contributed by atoms with van der Waals surface area (Å²) in [6.07, 6.45) is 0.939. The lowest BCUT2D eigenvalue weighted by Crippen LogP contribution is -2.48. The van der Waals surface area contributed by atoms with Crippen molar-refractivity contribution in [1.82, 2.24) is 4.90 Å². The summed E-state index contributed by atoms with van der Waals surface area (Å²) in [5.74, 6) is 0.904. The topological polar surface area (TPSA) is 75.0 Å². The lowest BCUT2D eigenvalue weighted by molar-refractivity contribution is 0.0717. The first-order chi connectivity index (χ1) is 17.6. The first kappa shape index (κ1) is 23.5. The minimum atomic E-state index is -0.164. The molecule has 36 heavy (non-hydrogen) atoms. The van der Waals surface area contributed by atoms with E-state index >= 15 is 0 Å². The van der Waals surface area contributed by atoms with Gasteiger partial charge in [0.1, 0.15) is 11.3 Å². The van der Waals surface area contributed by atoms with Gasteiger partial charge in [-0.25, -0.2) is 0 Å². The molecular weight excluding hydrogens is 454 g/mol. The van der Waals surface area contributed by atoms with Crippen molar-refractivity contribution >= 4 is 34.2 Å². The van der Waals surface area contributed by atoms with Gasteiger partial charge in [-0.15, -0.1) is 0 Å². The van der Waals surface area contributed by atoms with Gasteiger partial charge < -0.3 is 24.3 Å². The van der Waals surface area contributed by atoms with E-state index in [1.54, 1.807) is 12.1 Å². The molecule has 1 N–H and O–H groups in total. The van der Waals surface area contributed by atoms with Gasteiger partial charge in [-0.3, -0.25) is 9.59 Å². The lowest BCUT2D eigenvalue weighted by atomic mass is 10.2. The molecule has 2 amide bonds. The van der Waals surface area contributed by atoms with Gasteiger partial charge in [0.05, 0.1) is 6.61 Å². The molecule has 1 aromatic heterocycles. The number of nitrogens with one attached hydrogen (secondary N) is 1. The van der Waals surface area contributed by atoms with Gasteiger partial charge in [0.25, 0.3) is 11.8 Å². The maximum Gasteiger partial charge on any atom is 0.289 e. The fourth-order valence-electron chi connectivity index (χ4n) is 4.29. The molecule has 7 nitrogen and oxygen atoms in total. The summed E-state index contributed by atoms with van der Waals surface area (Å²) in [5.41, 5.74) is 3.09. The summed E-state index contributed by atoms with van der Waals surface area (Å²) in [6.45, 7) is 5.40. The van der Waals surface area contributed by atoms with Crippen LogP contribution in [0.3, 0.4) is 0 Å². The van der Waals surface area contributed by atoms with E-state index in [1.807, 2.05) is 71.6 Å². The number of amides is 2. The van der Waals surface area contributed by atoms with Gasteiger partial charge in [-0.05, 0) is 67.1 Å². The Morgan fingerprint density at radius 1 is 0.917 bits per heavy atom. The number of nitrogens with zero attached hydrogens (tertiary/aromatic N) is 2. The Morgan fingerprint density at radius 3 is 2.33 bits per heavy atom. The summed E-state index contributed by atoms with van der Waals surface area (Å²) in [7, 11) is 0. The third-order valence-corrected chi connectivity index (χ3v) is 6.28. The average molecular weight is 484 g/mol. The number of para-hydroxylation sites is 1. The van der Waals surface area contributed by atoms with Crippen LogP contribution < -0.4 is 15.0 Å². The molecular formula is C29H29N3O4. The number of piperazine rings is 1. The maximum absolute atomic E-state index is 12.9. The third kappa shape index (κ3) is 5.20. The highest BCUT2D eigenvalue weighted by molar-refractivity contribution is 6.04. The molecule has 0 saturated carbocycles. The van der Waals surface area contributed by atoms with Crippen molar-refractivity contribution in [3.05, 3.63) is 90.2 Å². The van der Waals surface area contributed by atoms with E-state index in [9.17, 15) is 9.59 Å². The Bertz CT molecular complexity index is 1300. The number of carbonyl (C=O) groups is 2. The van der Waals surface area contributed by atoms with Crippen molar-refractivity contribution in [1.29, 1.82) is 0 Å². The van der Waals surface area contributed by atoms with Gasteiger partial charge in [-0.2, -0.15) is 0 Å². The Hall–Kier alpha value is -4.26. The van der Waals surface area contributed by atoms with Crippen LogP contribution in [0.15, 0.2) is 83.3 Å². The van der Waals surface area contributed by atoms with Crippen LogP contribution in [0, 0.1) is 0 Å². The standard InChI is InChI=1S/C29H29N3O4/c1-2-19-35-25-13-7-21(8-14-25)28(33)30-23-9-11-24(12-10-23)31-15-17-32(18-16-31)29(34)27-20-22-5-3-4-6-26(22)36-27/h3-14,20H,2,15-19H2,1H3,(H,30,33). The number of furan rings is 1. The van der Waals surface area contributed by atoms with E-state index in [0.29, 0.717) is 31.0 Å². The molecule has 3 aromatic carbocycles. The lowest BCUT2D eigenvalue weighted by Gasteiger charge is -2.35. The number of carbonyl (C=O) groups excluding carboxylic acids is 2. The number of fused-ring (bicyclic) bond motifs is 1. The van der Waals surface area contributed by atoms with Crippen LogP contribution in [0.4, 0.5) is 11.4 Å². The Morgan fingerprint density at radius 2 is 1.64 bits per heavy atom. The molecule has 5 rings (SSSR count). The number of rotatable bonds is 7. The van der Waals surface area contributed by atoms with Crippen LogP contribution in [0.25, 0.3) is 11.0 Å². The quantitative estimate of drug-likeness (QED) is 0.379. The number of hydrogen-bond acceptors (Lipinski definition) is 5. The van der Waals surface area contributed by atoms with E-state index in [0.717, 1.165) is 47.6 Å². The Labute approximate surface area is 210 Å². The highest BCUT2D eigenvalue weighted by Gasteiger charge is 2.24. The fourth-order valence-corrected chi connectivity index (χ4v) is 4.29. The summed E-state index contributed by atoms with van der Waals surface area (Å²) in [6, 6.07) is 24.4. The van der Waals surface area contributed by atoms with Crippen molar-refractivity contribution in [2.24, 2.45) is 0 Å². The zero-order chi connectivity index (χ0) is 24.9. The SMILES string of the molecule is CCCOc1ccc(C(=O)Nc2ccc(N3CCN(C(=O)c4cc5ccccc5o4)CC3)cc2)cc1. The van der Waals surface area contributed by atoms with Crippen molar-refractivity contribution in [2.45, 2.75) is 13.3 Å². The number of benzene rings is 3. The van der Waals surface area contributed by atoms with Gasteiger partial charge in [0, 0.05) is 48.5 Å². The number of ether oxygens (including phenoxy) is 1. The van der Waals surface area contributed by atoms with Crippen LogP contribution >= 0.6 is 0 Å². The number of anilines is 2. The third-order valence-electron chi connectivity index (χ3n) is 6.28. The summed E-state index contributed by atoms with van der Waals surface area (Å²) >= 11 is 0. The second-order valence-corrected chi connectivity index (χ2v) is 8.80. The second kappa shape index (κ2) is 10.6. The normalized spacial score (nSPS) is 13.6. The molecule has 0 unspecified atom stereocenters. The fraction of sp³-hybridized carbons (Fsp3) is 0.241. The van der Waals surface area contributed by atoms with E-state index in [1.165, 1.54) is 0 Å². The molecule has 1 fully saturated rings. The molecule has 7 heteroatoms. The van der Waals surface area contributed by atoms with E-state index in [-0.39, 0.29) is 11.8 Å². The van der Waals surface area contributed by atoms with E-state index in [4.69, 9.17) is 9.15 Å². The average Bonchev–Trinajstić information content (AvgIpc) is 3.37. The van der Waals surface area contributed by atoms with E-state index in [2.05, 4.69) is 17.1 Å². The Balaban J connectivity index is 1.14. The highest BCUT2D eigenvalue weighted by Crippen LogP contribution is 2.23. The molecule has 0 radical (unpaired) electrons. The van der Waals surface area contributed by atoms with Gasteiger partial charge in [0.15, 0.2) is 5.76 Å². The van der Waals surface area contributed by atoms with Gasteiger partial charge in [-0.1, -0.05) is 25.1 Å². The molecule has 4 aromatic rings. The van der Waals surface area contributed by atoms with Crippen LogP contribution in [0.2, 0.25) is 0 Å². The van der Waals surface area contributed by atoms with Crippen LogP contribution in [-0.4, -0.2) is 49.5 Å². The molecule has 0 aliphatic carbocycles. The van der Waals surface area contributed by atoms with Crippen molar-refractivity contribution in [3.63, 3.8) is 0 Å². The highest BCUT2D eigenvalue weighted by atomic mass is 16.5. The minimum absolute atomic E-state index is 0.0751. The molecule has 1 aliphatic rings. The number of hydrogen-bond donors (Lipinski definition) is 1. The summed E-state index contributed by atoms with van der Waals surface area (Å²) in [5, 5.41) is 3.88. The van der Waals surface area contributed by atoms with Crippen molar-refractivity contribution < 1.29 is 18.7 Å². The molecule has 1 aliphatic heterocycles. The molecule has 1 saturated heterocycles. The molecule has 0 bridgehead atoms. The van der Waals surface area contributed by atoms with E-state index < -0.39 is 0 Å². The minimum Gasteiger partial charge on any atom is -0.494 e. The molecule has 184 valence electrons. The molecule has 0 spiro atoms. The van der Waals surface area contributed by atoms with Crippen molar-refractivity contribution in [3.8, 4) is 5.75 Å². The van der Waals surface area contributed by atoms with Gasteiger partial charge >= 0.3 is 0 Å².